The van der Waals surface area contributed by atoms with Gasteiger partial charge in [0.2, 0.25) is 6.04 Å². The molecule has 0 saturated heterocycles. The number of carbonyl (C=O) groups is 1. The zero-order valence-electron chi connectivity index (χ0n) is 14.6. The summed E-state index contributed by atoms with van der Waals surface area (Å²) in [5, 5.41) is 11.8. The highest BCUT2D eigenvalue weighted by molar-refractivity contribution is 9.10. The lowest BCUT2D eigenvalue weighted by molar-refractivity contribution is -0.533. The van der Waals surface area contributed by atoms with Crippen LogP contribution in [0.25, 0.3) is 0 Å². The lowest BCUT2D eigenvalue weighted by Gasteiger charge is -2.23. The zero-order chi connectivity index (χ0) is 18.6. The van der Waals surface area contributed by atoms with Gasteiger partial charge in [0, 0.05) is 21.4 Å². The van der Waals surface area contributed by atoms with Crippen LogP contribution in [-0.2, 0) is 10.2 Å². The van der Waals surface area contributed by atoms with Crippen LogP contribution >= 0.6 is 15.9 Å². The van der Waals surface area contributed by atoms with Crippen LogP contribution in [0.15, 0.2) is 53.0 Å². The second-order valence-electron chi connectivity index (χ2n) is 7.16. The number of hydrogen-bond acceptors (Lipinski definition) is 3. The van der Waals surface area contributed by atoms with E-state index in [4.69, 9.17) is 0 Å². The summed E-state index contributed by atoms with van der Waals surface area (Å²) in [6.07, 6.45) is 0.869. The van der Waals surface area contributed by atoms with E-state index >= 15 is 0 Å². The molecule has 0 N–H and O–H groups in total. The molecule has 0 aliphatic heterocycles. The van der Waals surface area contributed by atoms with Gasteiger partial charge in [0.15, 0.2) is 0 Å². The molecule has 0 radical (unpaired) electrons. The van der Waals surface area contributed by atoms with E-state index in [0.29, 0.717) is 5.56 Å². The molecular weight excluding hydrogens is 382 g/mol. The molecule has 0 fully saturated rings. The molecule has 0 saturated carbocycles. The van der Waals surface area contributed by atoms with Crippen LogP contribution in [0.2, 0.25) is 0 Å². The molecule has 2 rings (SSSR count). The number of hydrogen-bond donors (Lipinski definition) is 0. The van der Waals surface area contributed by atoms with Gasteiger partial charge >= 0.3 is 0 Å². The van der Waals surface area contributed by atoms with E-state index < -0.39 is 12.0 Å². The van der Waals surface area contributed by atoms with Crippen LogP contribution in [0.1, 0.15) is 55.8 Å². The van der Waals surface area contributed by atoms with Crippen molar-refractivity contribution in [1.82, 2.24) is 0 Å². The summed E-state index contributed by atoms with van der Waals surface area (Å²) in [5.41, 5.74) is 2.57. The number of halogens is 1. The Bertz CT molecular complexity index is 733. The molecule has 0 spiro atoms. The molecule has 0 aliphatic rings. The summed E-state index contributed by atoms with van der Waals surface area (Å²) in [5.74, 6) is -0.498. The van der Waals surface area contributed by atoms with Crippen molar-refractivity contribution in [3.8, 4) is 0 Å². The van der Waals surface area contributed by atoms with Gasteiger partial charge in [-0.2, -0.15) is 0 Å². The SMILES string of the molecule is CC(C)(C)c1ccc(C(CC=O)C(c2ccc(Br)cc2)[N+](=O)[O-])cc1. The minimum atomic E-state index is -0.959. The van der Waals surface area contributed by atoms with Gasteiger partial charge in [-0.05, 0) is 28.7 Å². The molecule has 25 heavy (non-hydrogen) atoms. The number of aldehydes is 1. The van der Waals surface area contributed by atoms with Gasteiger partial charge in [-0.25, -0.2) is 0 Å². The van der Waals surface area contributed by atoms with Crippen LogP contribution in [0.5, 0.6) is 0 Å². The fraction of sp³-hybridized carbons (Fsp3) is 0.350. The van der Waals surface area contributed by atoms with Crippen molar-refractivity contribution in [2.75, 3.05) is 0 Å². The normalized spacial score (nSPS) is 13.9. The second-order valence-corrected chi connectivity index (χ2v) is 8.08. The van der Waals surface area contributed by atoms with Crippen LogP contribution in [-0.4, -0.2) is 11.2 Å². The van der Waals surface area contributed by atoms with Crippen molar-refractivity contribution in [3.05, 3.63) is 79.8 Å². The first kappa shape index (κ1) is 19.3. The van der Waals surface area contributed by atoms with E-state index in [2.05, 4.69) is 36.7 Å². The molecule has 0 aliphatic carbocycles. The van der Waals surface area contributed by atoms with E-state index in [9.17, 15) is 14.9 Å². The maximum Gasteiger partial charge on any atom is 0.245 e. The zero-order valence-corrected chi connectivity index (χ0v) is 16.2. The number of carbonyl (C=O) groups excluding carboxylic acids is 1. The van der Waals surface area contributed by atoms with Crippen molar-refractivity contribution in [1.29, 1.82) is 0 Å². The molecule has 0 bridgehead atoms. The van der Waals surface area contributed by atoms with E-state index in [1.165, 1.54) is 0 Å². The Hall–Kier alpha value is -2.01. The number of rotatable bonds is 6. The van der Waals surface area contributed by atoms with Crippen LogP contribution in [0.3, 0.4) is 0 Å². The van der Waals surface area contributed by atoms with Crippen LogP contribution < -0.4 is 0 Å². The Morgan fingerprint density at radius 1 is 1.04 bits per heavy atom. The average Bonchev–Trinajstić information content (AvgIpc) is 2.55. The smallest absolute Gasteiger partial charge is 0.245 e. The first-order valence-electron chi connectivity index (χ1n) is 8.17. The highest BCUT2D eigenvalue weighted by Gasteiger charge is 2.34. The van der Waals surface area contributed by atoms with Crippen LogP contribution in [0, 0.1) is 10.1 Å². The van der Waals surface area contributed by atoms with E-state index in [1.807, 2.05) is 24.3 Å². The lowest BCUT2D eigenvalue weighted by Crippen LogP contribution is -2.20. The molecular formula is C20H22BrNO3. The van der Waals surface area contributed by atoms with Crippen molar-refractivity contribution in [3.63, 3.8) is 0 Å². The van der Waals surface area contributed by atoms with Gasteiger partial charge in [-0.1, -0.05) is 73.1 Å². The second kappa shape index (κ2) is 7.91. The van der Waals surface area contributed by atoms with Gasteiger partial charge in [-0.15, -0.1) is 0 Å². The third kappa shape index (κ3) is 4.75. The number of nitrogens with zero attached hydrogens (tertiary/aromatic N) is 1. The fourth-order valence-electron chi connectivity index (χ4n) is 2.94. The summed E-state index contributed by atoms with van der Waals surface area (Å²) < 4.78 is 0.861. The lowest BCUT2D eigenvalue weighted by atomic mass is 9.82. The van der Waals surface area contributed by atoms with Gasteiger partial charge in [-0.3, -0.25) is 10.1 Å². The van der Waals surface area contributed by atoms with Crippen LogP contribution in [0.4, 0.5) is 0 Å². The Morgan fingerprint density at radius 2 is 1.56 bits per heavy atom. The molecule has 2 aromatic rings. The minimum Gasteiger partial charge on any atom is -0.303 e. The Balaban J connectivity index is 2.44. The molecule has 4 nitrogen and oxygen atoms in total. The summed E-state index contributed by atoms with van der Waals surface area (Å²) >= 11 is 3.34. The standard InChI is InChI=1S/C20H22BrNO3/c1-20(2,3)16-8-4-14(5-9-16)18(12-13-23)19(22(24)25)15-6-10-17(21)11-7-15/h4-11,13,18-19H,12H2,1-3H3. The van der Waals surface area contributed by atoms with Crippen molar-refractivity contribution >= 4 is 22.2 Å². The molecule has 2 aromatic carbocycles. The van der Waals surface area contributed by atoms with E-state index in [0.717, 1.165) is 21.9 Å². The van der Waals surface area contributed by atoms with Gasteiger partial charge in [0.1, 0.15) is 6.29 Å². The Labute approximate surface area is 156 Å². The summed E-state index contributed by atoms with van der Waals surface area (Å²) in [6.45, 7) is 6.35. The third-order valence-corrected chi connectivity index (χ3v) is 4.90. The first-order chi connectivity index (χ1) is 11.7. The molecule has 132 valence electrons. The predicted molar refractivity (Wildman–Crippen MR) is 102 cm³/mol. The van der Waals surface area contributed by atoms with Crippen molar-refractivity contribution in [2.45, 2.75) is 44.6 Å². The number of nitro groups is 1. The largest absolute Gasteiger partial charge is 0.303 e. The molecule has 2 unspecified atom stereocenters. The first-order valence-corrected chi connectivity index (χ1v) is 8.96. The molecule has 0 heterocycles. The van der Waals surface area contributed by atoms with E-state index in [1.54, 1.807) is 24.3 Å². The topological polar surface area (TPSA) is 60.2 Å². The predicted octanol–water partition coefficient (Wildman–Crippen LogP) is 5.44. The monoisotopic (exact) mass is 403 g/mol. The maximum atomic E-state index is 11.8. The van der Waals surface area contributed by atoms with Crippen molar-refractivity contribution < 1.29 is 9.72 Å². The number of benzene rings is 2. The quantitative estimate of drug-likeness (QED) is 0.366. The molecule has 5 heteroatoms. The summed E-state index contributed by atoms with van der Waals surface area (Å²) in [4.78, 5) is 22.7. The summed E-state index contributed by atoms with van der Waals surface area (Å²) in [7, 11) is 0. The Kier molecular flexibility index (Phi) is 6.11. The average molecular weight is 404 g/mol. The highest BCUT2D eigenvalue weighted by Crippen LogP contribution is 2.37. The fourth-order valence-corrected chi connectivity index (χ4v) is 3.21. The maximum absolute atomic E-state index is 11.8. The van der Waals surface area contributed by atoms with Gasteiger partial charge in [0.05, 0.1) is 5.92 Å². The molecule has 2 atom stereocenters. The third-order valence-electron chi connectivity index (χ3n) is 4.37. The minimum absolute atomic E-state index is 0.00684. The highest BCUT2D eigenvalue weighted by atomic mass is 79.9. The van der Waals surface area contributed by atoms with Gasteiger partial charge < -0.3 is 4.79 Å². The molecule has 0 aromatic heterocycles. The van der Waals surface area contributed by atoms with E-state index in [-0.39, 0.29) is 16.8 Å². The Morgan fingerprint density at radius 3 is 2.00 bits per heavy atom. The van der Waals surface area contributed by atoms with Crippen molar-refractivity contribution in [2.24, 2.45) is 0 Å². The summed E-state index contributed by atoms with van der Waals surface area (Å²) in [6, 6.07) is 13.9. The molecule has 0 amide bonds. The van der Waals surface area contributed by atoms with Gasteiger partial charge in [0.25, 0.3) is 0 Å².